The molecule has 1 aliphatic rings. The number of amides is 1. The van der Waals surface area contributed by atoms with E-state index in [1.807, 2.05) is 34.6 Å². The van der Waals surface area contributed by atoms with E-state index in [4.69, 9.17) is 4.74 Å². The maximum absolute atomic E-state index is 12.5. The number of aldehydes is 1. The second-order valence-electron chi connectivity index (χ2n) is 8.27. The molecular weight excluding hydrogens is 254 g/mol. The molecule has 0 radical (unpaired) electrons. The number of carbonyl (C=O) groups excluding carboxylic acids is 2. The minimum Gasteiger partial charge on any atom is -0.444 e. The Kier molecular flexibility index (Phi) is 4.57. The quantitative estimate of drug-likeness (QED) is 0.727. The third kappa shape index (κ3) is 4.22. The van der Waals surface area contributed by atoms with E-state index in [2.05, 4.69) is 13.8 Å². The molecule has 0 spiro atoms. The highest BCUT2D eigenvalue weighted by Crippen LogP contribution is 2.39. The first-order valence-corrected chi connectivity index (χ1v) is 7.34. The molecule has 1 saturated heterocycles. The zero-order chi connectivity index (χ0) is 15.8. The van der Waals surface area contributed by atoms with Crippen LogP contribution in [0.5, 0.6) is 0 Å². The summed E-state index contributed by atoms with van der Waals surface area (Å²) in [6.07, 6.45) is 2.48. The average Bonchev–Trinajstić information content (AvgIpc) is 2.25. The van der Waals surface area contributed by atoms with Gasteiger partial charge in [-0.2, -0.15) is 0 Å². The predicted octanol–water partition coefficient (Wildman–Crippen LogP) is 3.64. The van der Waals surface area contributed by atoms with Crippen LogP contribution in [-0.2, 0) is 9.53 Å². The summed E-state index contributed by atoms with van der Waals surface area (Å²) in [7, 11) is 0. The van der Waals surface area contributed by atoms with Gasteiger partial charge in [-0.25, -0.2) is 4.79 Å². The molecule has 0 saturated carbocycles. The lowest BCUT2D eigenvalue weighted by molar-refractivity contribution is -0.120. The van der Waals surface area contributed by atoms with E-state index in [1.165, 1.54) is 0 Å². The Hall–Kier alpha value is -1.06. The van der Waals surface area contributed by atoms with Gasteiger partial charge in [0.15, 0.2) is 0 Å². The van der Waals surface area contributed by atoms with Gasteiger partial charge >= 0.3 is 6.09 Å². The molecule has 1 amide bonds. The Morgan fingerprint density at radius 2 is 1.80 bits per heavy atom. The molecule has 116 valence electrons. The van der Waals surface area contributed by atoms with E-state index < -0.39 is 11.0 Å². The monoisotopic (exact) mass is 283 g/mol. The second kappa shape index (κ2) is 5.38. The Labute approximate surface area is 122 Å². The van der Waals surface area contributed by atoms with Gasteiger partial charge in [0.1, 0.15) is 11.9 Å². The van der Waals surface area contributed by atoms with Crippen LogP contribution < -0.4 is 0 Å². The molecule has 0 aromatic rings. The first-order valence-electron chi connectivity index (χ1n) is 7.34. The summed E-state index contributed by atoms with van der Waals surface area (Å²) in [5.74, 6) is 0. The van der Waals surface area contributed by atoms with Gasteiger partial charge in [-0.1, -0.05) is 27.7 Å². The van der Waals surface area contributed by atoms with Crippen molar-refractivity contribution in [3.63, 3.8) is 0 Å². The minimum absolute atomic E-state index is 0.0619. The van der Waals surface area contributed by atoms with Gasteiger partial charge in [-0.3, -0.25) is 0 Å². The molecule has 1 fully saturated rings. The minimum atomic E-state index is -0.548. The fraction of sp³-hybridized carbons (Fsp3) is 0.875. The lowest BCUT2D eigenvalue weighted by Gasteiger charge is -2.48. The van der Waals surface area contributed by atoms with E-state index >= 15 is 0 Å². The van der Waals surface area contributed by atoms with Crippen molar-refractivity contribution >= 4 is 12.4 Å². The highest BCUT2D eigenvalue weighted by molar-refractivity contribution is 5.70. The lowest BCUT2D eigenvalue weighted by atomic mass is 9.73. The largest absolute Gasteiger partial charge is 0.444 e. The fourth-order valence-corrected chi connectivity index (χ4v) is 2.70. The third-order valence-electron chi connectivity index (χ3n) is 3.86. The molecular formula is C16H29NO3. The Morgan fingerprint density at radius 3 is 2.25 bits per heavy atom. The van der Waals surface area contributed by atoms with E-state index in [0.717, 1.165) is 19.1 Å². The van der Waals surface area contributed by atoms with E-state index in [-0.39, 0.29) is 17.6 Å². The van der Waals surface area contributed by atoms with Gasteiger partial charge in [-0.05, 0) is 39.0 Å². The molecule has 0 N–H and O–H groups in total. The summed E-state index contributed by atoms with van der Waals surface area (Å²) in [6, 6.07) is -0.0946. The third-order valence-corrected chi connectivity index (χ3v) is 3.86. The maximum Gasteiger partial charge on any atom is 0.410 e. The van der Waals surface area contributed by atoms with Crippen molar-refractivity contribution in [2.75, 3.05) is 6.54 Å². The van der Waals surface area contributed by atoms with Crippen molar-refractivity contribution in [2.24, 2.45) is 10.8 Å². The Balaban J connectivity index is 2.99. The molecule has 0 aromatic carbocycles. The van der Waals surface area contributed by atoms with Gasteiger partial charge in [0, 0.05) is 18.0 Å². The zero-order valence-electron chi connectivity index (χ0n) is 13.9. The Morgan fingerprint density at radius 1 is 1.25 bits per heavy atom. The smallest absolute Gasteiger partial charge is 0.410 e. The molecule has 0 aromatic heterocycles. The predicted molar refractivity (Wildman–Crippen MR) is 79.6 cm³/mol. The van der Waals surface area contributed by atoms with Crippen molar-refractivity contribution in [2.45, 2.75) is 73.0 Å². The average molecular weight is 283 g/mol. The number of likely N-dealkylation sites (tertiary alicyclic amines) is 1. The SMILES string of the molecule is CC1(C)CCC(C(C)(C)C=O)N(C(=O)OC(C)(C)C)C1. The van der Waals surface area contributed by atoms with Gasteiger partial charge < -0.3 is 14.4 Å². The first kappa shape index (κ1) is 17.0. The normalized spacial score (nSPS) is 23.4. The van der Waals surface area contributed by atoms with Crippen LogP contribution in [0, 0.1) is 10.8 Å². The second-order valence-corrected chi connectivity index (χ2v) is 8.27. The van der Waals surface area contributed by atoms with Crippen molar-refractivity contribution < 1.29 is 14.3 Å². The molecule has 4 nitrogen and oxygen atoms in total. The summed E-state index contributed by atoms with van der Waals surface area (Å²) >= 11 is 0. The van der Waals surface area contributed by atoms with E-state index in [1.54, 1.807) is 4.90 Å². The molecule has 4 heteroatoms. The molecule has 0 aliphatic carbocycles. The topological polar surface area (TPSA) is 46.6 Å². The van der Waals surface area contributed by atoms with Crippen molar-refractivity contribution in [3.8, 4) is 0 Å². The van der Waals surface area contributed by atoms with Crippen LogP contribution in [0.1, 0.15) is 61.3 Å². The summed E-state index contributed by atoms with van der Waals surface area (Å²) in [6.45, 7) is 14.3. The van der Waals surface area contributed by atoms with Crippen molar-refractivity contribution in [1.82, 2.24) is 4.90 Å². The van der Waals surface area contributed by atoms with E-state index in [0.29, 0.717) is 6.54 Å². The summed E-state index contributed by atoms with van der Waals surface area (Å²) < 4.78 is 5.51. The van der Waals surface area contributed by atoms with Crippen LogP contribution in [0.2, 0.25) is 0 Å². The van der Waals surface area contributed by atoms with Gasteiger partial charge in [0.25, 0.3) is 0 Å². The summed E-state index contributed by atoms with van der Waals surface area (Å²) in [5.41, 5.74) is -1.01. The number of carbonyl (C=O) groups is 2. The number of hydrogen-bond donors (Lipinski definition) is 0. The van der Waals surface area contributed by atoms with Crippen LogP contribution >= 0.6 is 0 Å². The number of piperidine rings is 1. The fourth-order valence-electron chi connectivity index (χ4n) is 2.70. The lowest BCUT2D eigenvalue weighted by Crippen LogP contribution is -2.56. The summed E-state index contributed by atoms with van der Waals surface area (Å²) in [4.78, 5) is 25.6. The Bertz CT molecular complexity index is 380. The van der Waals surface area contributed by atoms with Crippen LogP contribution in [0.3, 0.4) is 0 Å². The molecule has 0 bridgehead atoms. The van der Waals surface area contributed by atoms with Crippen LogP contribution in [0.15, 0.2) is 0 Å². The van der Waals surface area contributed by atoms with Crippen molar-refractivity contribution in [3.05, 3.63) is 0 Å². The van der Waals surface area contributed by atoms with Crippen LogP contribution in [0.25, 0.3) is 0 Å². The van der Waals surface area contributed by atoms with Crippen molar-refractivity contribution in [1.29, 1.82) is 0 Å². The zero-order valence-corrected chi connectivity index (χ0v) is 13.9. The molecule has 1 atom stereocenters. The van der Waals surface area contributed by atoms with Gasteiger partial charge in [0.05, 0.1) is 0 Å². The summed E-state index contributed by atoms with van der Waals surface area (Å²) in [5, 5.41) is 0. The number of rotatable bonds is 2. The molecule has 1 rings (SSSR count). The highest BCUT2D eigenvalue weighted by Gasteiger charge is 2.44. The maximum atomic E-state index is 12.5. The van der Waals surface area contributed by atoms with Crippen LogP contribution in [0.4, 0.5) is 4.79 Å². The number of hydrogen-bond acceptors (Lipinski definition) is 3. The molecule has 20 heavy (non-hydrogen) atoms. The molecule has 1 heterocycles. The number of ether oxygens (including phenoxy) is 1. The van der Waals surface area contributed by atoms with Gasteiger partial charge in [-0.15, -0.1) is 0 Å². The highest BCUT2D eigenvalue weighted by atomic mass is 16.6. The van der Waals surface area contributed by atoms with Crippen LogP contribution in [-0.4, -0.2) is 35.5 Å². The number of nitrogens with zero attached hydrogens (tertiary/aromatic N) is 1. The first-order chi connectivity index (χ1) is 8.88. The van der Waals surface area contributed by atoms with E-state index in [9.17, 15) is 9.59 Å². The molecule has 1 unspecified atom stereocenters. The molecule has 1 aliphatic heterocycles. The van der Waals surface area contributed by atoms with Gasteiger partial charge in [0.2, 0.25) is 0 Å². The standard InChI is InChI=1S/C16H29NO3/c1-14(2,3)20-13(19)17-10-15(4,5)9-8-12(17)16(6,7)11-18/h11-12H,8-10H2,1-7H3.